The Balaban J connectivity index is 2.79. The first-order valence-corrected chi connectivity index (χ1v) is 7.77. The molecule has 1 atom stereocenters. The molecule has 22 heavy (non-hydrogen) atoms. The van der Waals surface area contributed by atoms with Crippen LogP contribution in [0, 0.1) is 0 Å². The van der Waals surface area contributed by atoms with E-state index in [0.29, 0.717) is 5.76 Å². The quantitative estimate of drug-likeness (QED) is 0.724. The van der Waals surface area contributed by atoms with Crippen LogP contribution >= 0.6 is 34.8 Å². The van der Waals surface area contributed by atoms with Crippen molar-refractivity contribution in [2.45, 2.75) is 36.0 Å². The molecule has 0 aromatic heterocycles. The highest BCUT2D eigenvalue weighted by Gasteiger charge is 2.34. The second-order valence-electron chi connectivity index (χ2n) is 4.70. The number of methoxy groups -OCH3 is 1. The van der Waals surface area contributed by atoms with Crippen molar-refractivity contribution in [3.63, 3.8) is 0 Å². The molecule has 1 heterocycles. The average Bonchev–Trinajstić information content (AvgIpc) is 2.82. The van der Waals surface area contributed by atoms with Gasteiger partial charge in [-0.2, -0.15) is 0 Å². The van der Waals surface area contributed by atoms with Crippen LogP contribution in [0.25, 0.3) is 0 Å². The van der Waals surface area contributed by atoms with E-state index in [1.807, 2.05) is 0 Å². The summed E-state index contributed by atoms with van der Waals surface area (Å²) in [6, 6.07) is -0.934. The summed E-state index contributed by atoms with van der Waals surface area (Å²) in [4.78, 5) is 36.8. The number of hydrogen-bond donors (Lipinski definition) is 1. The molecule has 0 aromatic carbocycles. The summed E-state index contributed by atoms with van der Waals surface area (Å²) >= 11 is 17.0. The summed E-state index contributed by atoms with van der Waals surface area (Å²) in [5, 5.41) is 2.55. The van der Waals surface area contributed by atoms with Crippen LogP contribution in [0.4, 0.5) is 0 Å². The van der Waals surface area contributed by atoms with Crippen molar-refractivity contribution in [1.29, 1.82) is 0 Å². The lowest BCUT2D eigenvalue weighted by molar-refractivity contribution is -0.143. The third-order valence-electron chi connectivity index (χ3n) is 3.06. The maximum Gasteiger partial charge on any atom is 0.257 e. The Hall–Kier alpha value is -0.980. The fraction of sp³-hybridized carbons (Fsp3) is 0.615. The predicted octanol–water partition coefficient (Wildman–Crippen LogP) is 1.93. The van der Waals surface area contributed by atoms with Crippen LogP contribution in [0.3, 0.4) is 0 Å². The Morgan fingerprint density at radius 2 is 2.09 bits per heavy atom. The number of carbonyl (C=O) groups excluding carboxylic acids is 3. The third kappa shape index (κ3) is 5.66. The summed E-state index contributed by atoms with van der Waals surface area (Å²) in [7, 11) is 1.41. The van der Waals surface area contributed by atoms with Gasteiger partial charge in [0.25, 0.3) is 11.8 Å². The Morgan fingerprint density at radius 1 is 1.45 bits per heavy atom. The number of ether oxygens (including phenoxy) is 1. The van der Waals surface area contributed by atoms with Gasteiger partial charge in [0.15, 0.2) is 3.79 Å². The lowest BCUT2D eigenvalue weighted by Crippen LogP contribution is -2.49. The predicted molar refractivity (Wildman–Crippen MR) is 83.6 cm³/mol. The largest absolute Gasteiger partial charge is 0.499 e. The molecule has 3 amide bonds. The van der Waals surface area contributed by atoms with Crippen LogP contribution in [0.15, 0.2) is 11.8 Å². The first kappa shape index (κ1) is 19.1. The summed E-state index contributed by atoms with van der Waals surface area (Å²) in [6.07, 6.45) is 1.59. The number of hydrogen-bond acceptors (Lipinski definition) is 4. The Labute approximate surface area is 143 Å². The van der Waals surface area contributed by atoms with Crippen LogP contribution in [-0.2, 0) is 19.1 Å². The molecule has 0 radical (unpaired) electrons. The van der Waals surface area contributed by atoms with E-state index in [4.69, 9.17) is 39.5 Å². The number of carbonyl (C=O) groups is 3. The normalized spacial score (nSPS) is 16.3. The second-order valence-corrected chi connectivity index (χ2v) is 7.22. The number of nitrogens with one attached hydrogen (secondary N) is 1. The third-order valence-corrected chi connectivity index (χ3v) is 3.63. The molecule has 0 saturated heterocycles. The first-order chi connectivity index (χ1) is 10.2. The van der Waals surface area contributed by atoms with Gasteiger partial charge in [-0.1, -0.05) is 41.7 Å². The van der Waals surface area contributed by atoms with E-state index in [1.54, 1.807) is 6.92 Å². The van der Waals surface area contributed by atoms with Gasteiger partial charge < -0.3 is 10.1 Å². The number of nitrogens with zero attached hydrogens (tertiary/aromatic N) is 1. The van der Waals surface area contributed by atoms with Crippen LogP contribution in [-0.4, -0.2) is 46.1 Å². The van der Waals surface area contributed by atoms with Gasteiger partial charge in [-0.15, -0.1) is 0 Å². The van der Waals surface area contributed by atoms with E-state index in [0.717, 1.165) is 4.90 Å². The van der Waals surface area contributed by atoms with Gasteiger partial charge in [-0.25, -0.2) is 0 Å². The van der Waals surface area contributed by atoms with Gasteiger partial charge in [0.1, 0.15) is 11.8 Å². The van der Waals surface area contributed by atoms with Crippen LogP contribution in [0.2, 0.25) is 0 Å². The number of rotatable bonds is 6. The first-order valence-electron chi connectivity index (χ1n) is 6.64. The molecular formula is C13H17Cl3N2O4. The minimum Gasteiger partial charge on any atom is -0.499 e. The van der Waals surface area contributed by atoms with Crippen molar-refractivity contribution in [2.75, 3.05) is 13.7 Å². The molecular weight excluding hydrogens is 355 g/mol. The summed E-state index contributed by atoms with van der Waals surface area (Å²) in [5.74, 6) is -0.995. The average molecular weight is 372 g/mol. The van der Waals surface area contributed by atoms with Gasteiger partial charge in [-0.05, 0) is 12.8 Å². The molecule has 0 bridgehead atoms. The zero-order valence-corrected chi connectivity index (χ0v) is 14.5. The number of imide groups is 1. The summed E-state index contributed by atoms with van der Waals surface area (Å²) in [6.45, 7) is 1.68. The monoisotopic (exact) mass is 370 g/mol. The fourth-order valence-corrected chi connectivity index (χ4v) is 2.18. The standard InChI is InChI=1S/C13H17Cl3N2O4/c1-3-10(19)17-9(4-5-13(14,15)16)12(21)18-7-8(22-2)6-11(18)20/h6,9H,3-5,7H2,1-2H3,(H,17,19)/t9-/m0/s1. The number of amides is 3. The molecule has 0 spiro atoms. The molecule has 9 heteroatoms. The van der Waals surface area contributed by atoms with Crippen molar-refractivity contribution in [2.24, 2.45) is 0 Å². The molecule has 0 unspecified atom stereocenters. The highest BCUT2D eigenvalue weighted by molar-refractivity contribution is 6.67. The molecule has 0 fully saturated rings. The van der Waals surface area contributed by atoms with Crippen molar-refractivity contribution in [3.8, 4) is 0 Å². The highest BCUT2D eigenvalue weighted by atomic mass is 35.6. The molecule has 1 aliphatic rings. The summed E-state index contributed by atoms with van der Waals surface area (Å²) < 4.78 is 3.41. The van der Waals surface area contributed by atoms with E-state index in [-0.39, 0.29) is 31.7 Å². The fourth-order valence-electron chi connectivity index (χ4n) is 1.85. The van der Waals surface area contributed by atoms with Gasteiger partial charge in [0.2, 0.25) is 5.91 Å². The second kappa shape index (κ2) is 8.04. The van der Waals surface area contributed by atoms with E-state index < -0.39 is 21.6 Å². The lowest BCUT2D eigenvalue weighted by atomic mass is 10.1. The minimum absolute atomic E-state index is 0.0282. The smallest absolute Gasteiger partial charge is 0.257 e. The van der Waals surface area contributed by atoms with Gasteiger partial charge >= 0.3 is 0 Å². The van der Waals surface area contributed by atoms with Crippen molar-refractivity contribution < 1.29 is 19.1 Å². The molecule has 0 aromatic rings. The van der Waals surface area contributed by atoms with Gasteiger partial charge in [0, 0.05) is 12.5 Å². The van der Waals surface area contributed by atoms with E-state index in [2.05, 4.69) is 5.32 Å². The zero-order chi connectivity index (χ0) is 16.9. The van der Waals surface area contributed by atoms with Gasteiger partial charge in [0.05, 0.1) is 13.7 Å². The molecule has 1 aliphatic heterocycles. The zero-order valence-electron chi connectivity index (χ0n) is 12.2. The Morgan fingerprint density at radius 3 is 2.55 bits per heavy atom. The minimum atomic E-state index is -1.54. The molecule has 1 N–H and O–H groups in total. The van der Waals surface area contributed by atoms with Gasteiger partial charge in [-0.3, -0.25) is 19.3 Å². The molecule has 0 aliphatic carbocycles. The van der Waals surface area contributed by atoms with Crippen LogP contribution in [0.5, 0.6) is 0 Å². The molecule has 1 rings (SSSR count). The maximum absolute atomic E-state index is 12.5. The number of alkyl halides is 3. The molecule has 0 saturated carbocycles. The van der Waals surface area contributed by atoms with Crippen molar-refractivity contribution in [3.05, 3.63) is 11.8 Å². The molecule has 124 valence electrons. The topological polar surface area (TPSA) is 75.7 Å². The maximum atomic E-state index is 12.5. The Bertz CT molecular complexity index is 488. The highest BCUT2D eigenvalue weighted by Crippen LogP contribution is 2.32. The number of halogens is 3. The van der Waals surface area contributed by atoms with Crippen molar-refractivity contribution in [1.82, 2.24) is 10.2 Å². The molecule has 6 nitrogen and oxygen atoms in total. The van der Waals surface area contributed by atoms with Crippen LogP contribution in [0.1, 0.15) is 26.2 Å². The van der Waals surface area contributed by atoms with E-state index in [9.17, 15) is 14.4 Å². The van der Waals surface area contributed by atoms with E-state index in [1.165, 1.54) is 13.2 Å². The van der Waals surface area contributed by atoms with E-state index >= 15 is 0 Å². The van der Waals surface area contributed by atoms with Crippen molar-refractivity contribution >= 4 is 52.5 Å². The SMILES string of the molecule is CCC(=O)N[C@@H](CCC(Cl)(Cl)Cl)C(=O)N1CC(OC)=CC1=O. The Kier molecular flexibility index (Phi) is 6.97. The van der Waals surface area contributed by atoms with Crippen LogP contribution < -0.4 is 5.32 Å². The summed E-state index contributed by atoms with van der Waals surface area (Å²) in [5.41, 5.74) is 0. The lowest BCUT2D eigenvalue weighted by Gasteiger charge is -2.24.